The van der Waals surface area contributed by atoms with Gasteiger partial charge < -0.3 is 19.5 Å². The molecule has 35 heavy (non-hydrogen) atoms. The molecule has 0 spiro atoms. The van der Waals surface area contributed by atoms with Gasteiger partial charge in [0, 0.05) is 31.7 Å². The largest absolute Gasteiger partial charge is 0.507 e. The number of benzene rings is 2. The average molecular weight is 481 g/mol. The lowest BCUT2D eigenvalue weighted by Gasteiger charge is -2.29. The highest BCUT2D eigenvalue weighted by atomic mass is 19.1. The molecule has 184 valence electrons. The number of ketones is 1. The summed E-state index contributed by atoms with van der Waals surface area (Å²) in [5, 5.41) is 11.0. The molecular formula is C27H29FN2O5. The standard InChI is InChI=1S/C27H29FN2O5/c1-2-16-35-22-10-6-19(7-11-22)24-23(25(31)20-4-8-21(28)9-5-20)26(32)27(33)30(24)13-3-12-29-14-17-34-18-15-29/h2,4-11,24,31H,1,3,12-18H2/b25-23-. The third kappa shape index (κ3) is 5.61. The predicted molar refractivity (Wildman–Crippen MR) is 129 cm³/mol. The molecule has 4 rings (SSSR count). The van der Waals surface area contributed by atoms with Crippen LogP contribution in [-0.2, 0) is 14.3 Å². The number of Topliss-reactive ketones (excluding diaryl/α,β-unsaturated/α-hetero) is 1. The number of hydrogen-bond donors (Lipinski definition) is 1. The zero-order valence-corrected chi connectivity index (χ0v) is 19.5. The van der Waals surface area contributed by atoms with Crippen LogP contribution in [0.4, 0.5) is 4.39 Å². The summed E-state index contributed by atoms with van der Waals surface area (Å²) in [6.07, 6.45) is 2.31. The Kier molecular flexibility index (Phi) is 7.94. The molecule has 0 bridgehead atoms. The van der Waals surface area contributed by atoms with Crippen LogP contribution < -0.4 is 4.74 Å². The van der Waals surface area contributed by atoms with E-state index in [0.29, 0.717) is 44.1 Å². The second-order valence-corrected chi connectivity index (χ2v) is 8.48. The zero-order valence-electron chi connectivity index (χ0n) is 19.5. The van der Waals surface area contributed by atoms with Crippen molar-refractivity contribution in [1.82, 2.24) is 9.80 Å². The van der Waals surface area contributed by atoms with Crippen LogP contribution >= 0.6 is 0 Å². The van der Waals surface area contributed by atoms with Gasteiger partial charge in [-0.1, -0.05) is 24.8 Å². The molecule has 2 aromatic carbocycles. The van der Waals surface area contributed by atoms with E-state index in [4.69, 9.17) is 9.47 Å². The van der Waals surface area contributed by atoms with Crippen LogP contribution in [0.15, 0.2) is 66.8 Å². The van der Waals surface area contributed by atoms with E-state index >= 15 is 0 Å². The number of nitrogens with zero attached hydrogens (tertiary/aromatic N) is 2. The predicted octanol–water partition coefficient (Wildman–Crippen LogP) is 3.53. The van der Waals surface area contributed by atoms with E-state index in [1.165, 1.54) is 29.2 Å². The first-order chi connectivity index (χ1) is 17.0. The van der Waals surface area contributed by atoms with E-state index < -0.39 is 23.5 Å². The molecule has 2 fully saturated rings. The van der Waals surface area contributed by atoms with Crippen LogP contribution in [0.5, 0.6) is 5.75 Å². The molecule has 0 aromatic heterocycles. The van der Waals surface area contributed by atoms with Gasteiger partial charge in [-0.05, 0) is 48.4 Å². The quantitative estimate of drug-likeness (QED) is 0.256. The molecule has 0 aliphatic carbocycles. The van der Waals surface area contributed by atoms with Crippen molar-refractivity contribution < 1.29 is 28.6 Å². The molecular weight excluding hydrogens is 451 g/mol. The molecule has 2 heterocycles. The highest BCUT2D eigenvalue weighted by Gasteiger charge is 2.45. The Balaban J connectivity index is 1.65. The Morgan fingerprint density at radius 1 is 1.09 bits per heavy atom. The SMILES string of the molecule is C=CCOc1ccc(C2/C(=C(/O)c3ccc(F)cc3)C(=O)C(=O)N2CCCN2CCOCC2)cc1. The molecule has 1 amide bonds. The molecule has 1 unspecified atom stereocenters. The summed E-state index contributed by atoms with van der Waals surface area (Å²) in [6, 6.07) is 11.5. The molecule has 1 atom stereocenters. The molecule has 8 heteroatoms. The molecule has 7 nitrogen and oxygen atoms in total. The van der Waals surface area contributed by atoms with Crippen molar-refractivity contribution in [3.05, 3.63) is 83.7 Å². The number of aliphatic hydroxyl groups excluding tert-OH is 1. The third-order valence-corrected chi connectivity index (χ3v) is 6.20. The molecule has 1 N–H and O–H groups in total. The zero-order chi connectivity index (χ0) is 24.8. The van der Waals surface area contributed by atoms with Crippen LogP contribution in [0.25, 0.3) is 5.76 Å². The van der Waals surface area contributed by atoms with Gasteiger partial charge in [-0.15, -0.1) is 0 Å². The minimum absolute atomic E-state index is 0.00672. The fourth-order valence-electron chi connectivity index (χ4n) is 4.41. The fraction of sp³-hybridized carbons (Fsp3) is 0.333. The second-order valence-electron chi connectivity index (χ2n) is 8.48. The summed E-state index contributed by atoms with van der Waals surface area (Å²) in [6.45, 7) is 8.13. The van der Waals surface area contributed by atoms with Gasteiger partial charge in [-0.3, -0.25) is 14.5 Å². The Hall–Kier alpha value is -3.49. The van der Waals surface area contributed by atoms with E-state index in [2.05, 4.69) is 11.5 Å². The lowest BCUT2D eigenvalue weighted by atomic mass is 9.95. The van der Waals surface area contributed by atoms with E-state index in [1.54, 1.807) is 30.3 Å². The van der Waals surface area contributed by atoms with Crippen molar-refractivity contribution in [2.24, 2.45) is 0 Å². The lowest BCUT2D eigenvalue weighted by Crippen LogP contribution is -2.38. The van der Waals surface area contributed by atoms with E-state index in [9.17, 15) is 19.1 Å². The smallest absolute Gasteiger partial charge is 0.295 e. The lowest BCUT2D eigenvalue weighted by molar-refractivity contribution is -0.140. The van der Waals surface area contributed by atoms with Gasteiger partial charge in [-0.2, -0.15) is 0 Å². The highest BCUT2D eigenvalue weighted by molar-refractivity contribution is 6.46. The van der Waals surface area contributed by atoms with Gasteiger partial charge >= 0.3 is 0 Å². The normalized spacial score (nSPS) is 20.3. The maximum absolute atomic E-state index is 13.4. The number of carbonyl (C=O) groups is 2. The number of amides is 1. The molecule has 0 radical (unpaired) electrons. The van der Waals surface area contributed by atoms with Gasteiger partial charge in [-0.25, -0.2) is 4.39 Å². The van der Waals surface area contributed by atoms with Crippen molar-refractivity contribution >= 4 is 17.4 Å². The topological polar surface area (TPSA) is 79.3 Å². The van der Waals surface area contributed by atoms with Crippen LogP contribution in [0, 0.1) is 5.82 Å². The fourth-order valence-corrected chi connectivity index (χ4v) is 4.41. The first kappa shape index (κ1) is 24.6. The maximum Gasteiger partial charge on any atom is 0.295 e. The number of ether oxygens (including phenoxy) is 2. The van der Waals surface area contributed by atoms with Crippen LogP contribution in [-0.4, -0.2) is 72.6 Å². The van der Waals surface area contributed by atoms with Crippen LogP contribution in [0.2, 0.25) is 0 Å². The number of hydrogen-bond acceptors (Lipinski definition) is 6. The Bertz CT molecular complexity index is 1090. The molecule has 2 aromatic rings. The van der Waals surface area contributed by atoms with Crippen molar-refractivity contribution in [2.45, 2.75) is 12.5 Å². The summed E-state index contributed by atoms with van der Waals surface area (Å²) in [5.41, 5.74) is 0.937. The summed E-state index contributed by atoms with van der Waals surface area (Å²) < 4.78 is 24.4. The number of carbonyl (C=O) groups excluding carboxylic acids is 2. The first-order valence-corrected chi connectivity index (χ1v) is 11.7. The Labute approximate surface area is 204 Å². The third-order valence-electron chi connectivity index (χ3n) is 6.20. The maximum atomic E-state index is 13.4. The van der Waals surface area contributed by atoms with E-state index in [1.807, 2.05) is 0 Å². The van der Waals surface area contributed by atoms with Gasteiger partial charge in [0.2, 0.25) is 0 Å². The van der Waals surface area contributed by atoms with Gasteiger partial charge in [0.15, 0.2) is 0 Å². The number of aliphatic hydroxyl groups is 1. The van der Waals surface area contributed by atoms with E-state index in [0.717, 1.165) is 19.6 Å². The van der Waals surface area contributed by atoms with Crippen LogP contribution in [0.1, 0.15) is 23.6 Å². The summed E-state index contributed by atoms with van der Waals surface area (Å²) >= 11 is 0. The molecule has 2 saturated heterocycles. The molecule has 2 aliphatic rings. The van der Waals surface area contributed by atoms with Crippen molar-refractivity contribution in [3.63, 3.8) is 0 Å². The minimum atomic E-state index is -0.766. The monoisotopic (exact) mass is 480 g/mol. The number of likely N-dealkylation sites (tertiary alicyclic amines) is 1. The van der Waals surface area contributed by atoms with E-state index in [-0.39, 0.29) is 16.9 Å². The minimum Gasteiger partial charge on any atom is -0.507 e. The summed E-state index contributed by atoms with van der Waals surface area (Å²) in [5.74, 6) is -1.58. The molecule has 0 saturated carbocycles. The summed E-state index contributed by atoms with van der Waals surface area (Å²) in [7, 11) is 0. The molecule has 2 aliphatic heterocycles. The number of halogens is 1. The Morgan fingerprint density at radius 2 is 1.77 bits per heavy atom. The highest BCUT2D eigenvalue weighted by Crippen LogP contribution is 2.40. The van der Waals surface area contributed by atoms with Crippen molar-refractivity contribution in [1.29, 1.82) is 0 Å². The number of rotatable bonds is 9. The Morgan fingerprint density at radius 3 is 2.43 bits per heavy atom. The summed E-state index contributed by atoms with van der Waals surface area (Å²) in [4.78, 5) is 30.0. The van der Waals surface area contributed by atoms with Crippen molar-refractivity contribution in [2.75, 3.05) is 46.0 Å². The van der Waals surface area contributed by atoms with Gasteiger partial charge in [0.05, 0.1) is 24.8 Å². The van der Waals surface area contributed by atoms with Gasteiger partial charge in [0.25, 0.3) is 11.7 Å². The van der Waals surface area contributed by atoms with Gasteiger partial charge in [0.1, 0.15) is 23.9 Å². The average Bonchev–Trinajstić information content (AvgIpc) is 3.13. The second kappa shape index (κ2) is 11.3. The number of morpholine rings is 1. The van der Waals surface area contributed by atoms with Crippen molar-refractivity contribution in [3.8, 4) is 5.75 Å². The first-order valence-electron chi connectivity index (χ1n) is 11.7. The van der Waals surface area contributed by atoms with Crippen LogP contribution in [0.3, 0.4) is 0 Å².